The number of carbonyl (C=O) groups excluding carboxylic acids is 1. The molecule has 30 heavy (non-hydrogen) atoms. The number of alkyl halides is 1. The van der Waals surface area contributed by atoms with Crippen molar-refractivity contribution in [3.63, 3.8) is 0 Å². The number of thiazole rings is 1. The Bertz CT molecular complexity index is 1020. The summed E-state index contributed by atoms with van der Waals surface area (Å²) in [6.07, 6.45) is 3.85. The quantitative estimate of drug-likeness (QED) is 0.287. The maximum Gasteiger partial charge on any atom is 0.230 e. The summed E-state index contributed by atoms with van der Waals surface area (Å²) in [4.78, 5) is 20.9. The van der Waals surface area contributed by atoms with E-state index in [2.05, 4.69) is 58.6 Å². The normalized spacial score (nSPS) is 11.5. The molecule has 0 saturated carbocycles. The molecule has 0 aliphatic carbocycles. The SMILES string of the molecule is C=C(CSc1cnc(NC(=O)Cc2ccc(CBr)cc2)s1)c1ncc(C(C)(C)C)o1. The first kappa shape index (κ1) is 22.8. The number of oxazole rings is 1. The molecule has 2 aromatic heterocycles. The van der Waals surface area contributed by atoms with Gasteiger partial charge in [-0.3, -0.25) is 4.79 Å². The van der Waals surface area contributed by atoms with Crippen LogP contribution < -0.4 is 5.32 Å². The number of nitrogens with one attached hydrogen (secondary N) is 1. The van der Waals surface area contributed by atoms with Crippen molar-refractivity contribution in [2.24, 2.45) is 0 Å². The molecular formula is C22H24BrN3O2S2. The Balaban J connectivity index is 1.50. The van der Waals surface area contributed by atoms with E-state index in [0.29, 0.717) is 23.2 Å². The summed E-state index contributed by atoms with van der Waals surface area (Å²) in [7, 11) is 0. The molecular weight excluding hydrogens is 482 g/mol. The maximum absolute atomic E-state index is 12.3. The largest absolute Gasteiger partial charge is 0.441 e. The van der Waals surface area contributed by atoms with Gasteiger partial charge in [0.15, 0.2) is 5.13 Å². The van der Waals surface area contributed by atoms with E-state index >= 15 is 0 Å². The Morgan fingerprint density at radius 2 is 1.90 bits per heavy atom. The topological polar surface area (TPSA) is 68.0 Å². The van der Waals surface area contributed by atoms with Crippen molar-refractivity contribution in [1.82, 2.24) is 9.97 Å². The van der Waals surface area contributed by atoms with Gasteiger partial charge in [-0.15, -0.1) is 11.8 Å². The Hall–Kier alpha value is -1.90. The van der Waals surface area contributed by atoms with Gasteiger partial charge in [0, 0.05) is 22.1 Å². The van der Waals surface area contributed by atoms with Crippen LogP contribution in [0.1, 0.15) is 43.5 Å². The summed E-state index contributed by atoms with van der Waals surface area (Å²) in [5, 5.41) is 4.27. The zero-order chi connectivity index (χ0) is 21.7. The molecule has 158 valence electrons. The van der Waals surface area contributed by atoms with Crippen molar-refractivity contribution in [2.75, 3.05) is 11.1 Å². The third kappa shape index (κ3) is 6.30. The number of hydrogen-bond acceptors (Lipinski definition) is 6. The van der Waals surface area contributed by atoms with Gasteiger partial charge in [-0.05, 0) is 11.1 Å². The van der Waals surface area contributed by atoms with Gasteiger partial charge in [0.1, 0.15) is 5.76 Å². The lowest BCUT2D eigenvalue weighted by atomic mass is 9.94. The fourth-order valence-electron chi connectivity index (χ4n) is 2.48. The second-order valence-corrected chi connectivity index (χ2v) is 10.7. The van der Waals surface area contributed by atoms with Gasteiger partial charge in [0.05, 0.1) is 23.0 Å². The van der Waals surface area contributed by atoms with Crippen molar-refractivity contribution in [3.05, 3.63) is 66.0 Å². The van der Waals surface area contributed by atoms with Gasteiger partial charge in [-0.2, -0.15) is 0 Å². The Morgan fingerprint density at radius 3 is 2.53 bits per heavy atom. The molecule has 2 heterocycles. The molecule has 8 heteroatoms. The van der Waals surface area contributed by atoms with Crippen LogP contribution in [0.4, 0.5) is 5.13 Å². The second kappa shape index (κ2) is 9.94. The van der Waals surface area contributed by atoms with E-state index in [0.717, 1.165) is 26.4 Å². The second-order valence-electron chi connectivity index (χ2n) is 7.83. The molecule has 0 radical (unpaired) electrons. The molecule has 0 atom stereocenters. The van der Waals surface area contributed by atoms with Crippen LogP contribution >= 0.6 is 39.0 Å². The standard InChI is InChI=1S/C22H24BrN3O2S2/c1-14(20-24-11-17(28-20)22(2,3)4)13-29-19-12-25-21(30-19)26-18(27)9-15-5-7-16(10-23)8-6-15/h5-8,11-12H,1,9-10,13H2,2-4H3,(H,25,26,27). The van der Waals surface area contributed by atoms with Crippen molar-refractivity contribution in [3.8, 4) is 0 Å². The van der Waals surface area contributed by atoms with E-state index in [4.69, 9.17) is 4.42 Å². The number of amides is 1. The molecule has 3 rings (SSSR count). The van der Waals surface area contributed by atoms with Crippen LogP contribution in [0, 0.1) is 0 Å². The minimum absolute atomic E-state index is 0.0774. The number of hydrogen-bond donors (Lipinski definition) is 1. The first-order valence-electron chi connectivity index (χ1n) is 9.41. The fourth-order valence-corrected chi connectivity index (χ4v) is 4.64. The zero-order valence-electron chi connectivity index (χ0n) is 17.2. The summed E-state index contributed by atoms with van der Waals surface area (Å²) in [6.45, 7) is 10.3. The van der Waals surface area contributed by atoms with Crippen LogP contribution in [0.5, 0.6) is 0 Å². The number of rotatable bonds is 8. The number of thioether (sulfide) groups is 1. The first-order valence-corrected chi connectivity index (χ1v) is 12.3. The highest BCUT2D eigenvalue weighted by Gasteiger charge is 2.20. The Kier molecular flexibility index (Phi) is 7.55. The molecule has 1 amide bonds. The number of nitrogens with zero attached hydrogens (tertiary/aromatic N) is 2. The number of carbonyl (C=O) groups is 1. The lowest BCUT2D eigenvalue weighted by Gasteiger charge is -2.13. The van der Waals surface area contributed by atoms with Crippen LogP contribution in [-0.4, -0.2) is 21.6 Å². The third-order valence-electron chi connectivity index (χ3n) is 4.21. The van der Waals surface area contributed by atoms with Crippen LogP contribution in [-0.2, 0) is 22.0 Å². The van der Waals surface area contributed by atoms with E-state index in [-0.39, 0.29) is 11.3 Å². The summed E-state index contributed by atoms with van der Waals surface area (Å²) >= 11 is 6.46. The van der Waals surface area contributed by atoms with Crippen molar-refractivity contribution >= 4 is 55.6 Å². The first-order chi connectivity index (χ1) is 14.2. The van der Waals surface area contributed by atoms with Gasteiger partial charge >= 0.3 is 0 Å². The molecule has 0 aliphatic rings. The number of anilines is 1. The molecule has 1 aromatic carbocycles. The molecule has 5 nitrogen and oxygen atoms in total. The van der Waals surface area contributed by atoms with E-state index in [1.54, 1.807) is 24.2 Å². The van der Waals surface area contributed by atoms with Crippen LogP contribution in [0.2, 0.25) is 0 Å². The Morgan fingerprint density at radius 1 is 1.20 bits per heavy atom. The molecule has 0 bridgehead atoms. The monoisotopic (exact) mass is 505 g/mol. The zero-order valence-corrected chi connectivity index (χ0v) is 20.4. The average molecular weight is 506 g/mol. The lowest BCUT2D eigenvalue weighted by Crippen LogP contribution is -2.14. The van der Waals surface area contributed by atoms with Gasteiger partial charge in [0.2, 0.25) is 11.8 Å². The molecule has 1 N–H and O–H groups in total. The van der Waals surface area contributed by atoms with Gasteiger partial charge in [0.25, 0.3) is 0 Å². The average Bonchev–Trinajstić information content (AvgIpc) is 3.36. The molecule has 0 fully saturated rings. The third-order valence-corrected chi connectivity index (χ3v) is 7.05. The summed E-state index contributed by atoms with van der Waals surface area (Å²) < 4.78 is 6.83. The smallest absolute Gasteiger partial charge is 0.230 e. The number of halogens is 1. The van der Waals surface area contributed by atoms with Gasteiger partial charge in [-0.1, -0.05) is 78.9 Å². The van der Waals surface area contributed by atoms with Crippen LogP contribution in [0.25, 0.3) is 5.57 Å². The van der Waals surface area contributed by atoms with Crippen molar-refractivity contribution in [2.45, 2.75) is 42.1 Å². The number of benzene rings is 1. The molecule has 3 aromatic rings. The summed E-state index contributed by atoms with van der Waals surface area (Å²) in [5.41, 5.74) is 2.89. The highest BCUT2D eigenvalue weighted by atomic mass is 79.9. The predicted molar refractivity (Wildman–Crippen MR) is 128 cm³/mol. The van der Waals surface area contributed by atoms with E-state index < -0.39 is 0 Å². The molecule has 0 unspecified atom stereocenters. The highest BCUT2D eigenvalue weighted by Crippen LogP contribution is 2.32. The fraction of sp³-hybridized carbons (Fsp3) is 0.318. The minimum atomic E-state index is -0.0839. The molecule has 0 spiro atoms. The van der Waals surface area contributed by atoms with E-state index in [1.165, 1.54) is 16.9 Å². The van der Waals surface area contributed by atoms with Crippen LogP contribution in [0.15, 0.2) is 51.9 Å². The number of aromatic nitrogens is 2. The minimum Gasteiger partial charge on any atom is -0.441 e. The summed E-state index contributed by atoms with van der Waals surface area (Å²) in [5.74, 6) is 1.97. The maximum atomic E-state index is 12.3. The van der Waals surface area contributed by atoms with Gasteiger partial charge in [-0.25, -0.2) is 9.97 Å². The van der Waals surface area contributed by atoms with E-state index in [9.17, 15) is 4.79 Å². The molecule has 0 saturated heterocycles. The van der Waals surface area contributed by atoms with E-state index in [1.807, 2.05) is 24.3 Å². The van der Waals surface area contributed by atoms with Crippen molar-refractivity contribution < 1.29 is 9.21 Å². The predicted octanol–water partition coefficient (Wildman–Crippen LogP) is 6.31. The van der Waals surface area contributed by atoms with Crippen LogP contribution in [0.3, 0.4) is 0 Å². The van der Waals surface area contributed by atoms with Crippen molar-refractivity contribution in [1.29, 1.82) is 0 Å². The summed E-state index contributed by atoms with van der Waals surface area (Å²) in [6, 6.07) is 7.97. The Labute approximate surface area is 193 Å². The lowest BCUT2D eigenvalue weighted by molar-refractivity contribution is -0.115. The molecule has 0 aliphatic heterocycles. The highest BCUT2D eigenvalue weighted by molar-refractivity contribution is 9.08. The van der Waals surface area contributed by atoms with Gasteiger partial charge < -0.3 is 9.73 Å².